The predicted octanol–water partition coefficient (Wildman–Crippen LogP) is -0.273. The molecule has 1 rings (SSSR count). The van der Waals surface area contributed by atoms with Gasteiger partial charge in [0.1, 0.15) is 0 Å². The molecule has 0 fully saturated rings. The molecule has 4 nitrogen and oxygen atoms in total. The van der Waals surface area contributed by atoms with Gasteiger partial charge in [-0.3, -0.25) is 14.6 Å². The first kappa shape index (κ1) is 5.94. The van der Waals surface area contributed by atoms with Gasteiger partial charge in [-0.05, 0) is 6.92 Å². The standard InChI is InChI=1S/C5H8N2O2/c1-3-4(8)5(9)6-7(3)2/h8H,1-2H3,(H,6,9). The average molecular weight is 128 g/mol. The Morgan fingerprint density at radius 1 is 1.67 bits per heavy atom. The van der Waals surface area contributed by atoms with Crippen LogP contribution in [0.2, 0.25) is 0 Å². The summed E-state index contributed by atoms with van der Waals surface area (Å²) < 4.78 is 1.47. The fourth-order valence-electron chi connectivity index (χ4n) is 0.612. The summed E-state index contributed by atoms with van der Waals surface area (Å²) in [6.45, 7) is 1.66. The summed E-state index contributed by atoms with van der Waals surface area (Å²) in [5.74, 6) is -0.197. The van der Waals surface area contributed by atoms with Gasteiger partial charge in [-0.1, -0.05) is 0 Å². The summed E-state index contributed by atoms with van der Waals surface area (Å²) >= 11 is 0. The quantitative estimate of drug-likeness (QED) is 0.505. The minimum absolute atomic E-state index is 0.197. The number of aryl methyl sites for hydroxylation is 1. The van der Waals surface area contributed by atoms with E-state index in [2.05, 4.69) is 5.10 Å². The number of aromatic nitrogens is 2. The third-order valence-corrected chi connectivity index (χ3v) is 1.33. The van der Waals surface area contributed by atoms with E-state index >= 15 is 0 Å². The molecular weight excluding hydrogens is 120 g/mol. The van der Waals surface area contributed by atoms with Crippen molar-refractivity contribution < 1.29 is 5.11 Å². The molecule has 9 heavy (non-hydrogen) atoms. The molecule has 0 aliphatic heterocycles. The highest BCUT2D eigenvalue weighted by atomic mass is 16.3. The number of hydrogen-bond acceptors (Lipinski definition) is 2. The number of aromatic hydroxyl groups is 1. The smallest absolute Gasteiger partial charge is 0.306 e. The molecule has 0 aromatic carbocycles. The highest BCUT2D eigenvalue weighted by Crippen LogP contribution is 2.04. The molecule has 0 radical (unpaired) electrons. The van der Waals surface area contributed by atoms with Gasteiger partial charge in [0, 0.05) is 7.05 Å². The minimum Gasteiger partial charge on any atom is -0.502 e. The second-order valence-corrected chi connectivity index (χ2v) is 1.93. The van der Waals surface area contributed by atoms with Crippen LogP contribution in [0.5, 0.6) is 5.75 Å². The van der Waals surface area contributed by atoms with Crippen LogP contribution in [-0.2, 0) is 7.05 Å². The molecule has 0 spiro atoms. The van der Waals surface area contributed by atoms with Crippen molar-refractivity contribution >= 4 is 0 Å². The van der Waals surface area contributed by atoms with E-state index in [-0.39, 0.29) is 5.75 Å². The second-order valence-electron chi connectivity index (χ2n) is 1.93. The van der Waals surface area contributed by atoms with Crippen LogP contribution in [0.25, 0.3) is 0 Å². The Bertz CT molecular complexity index is 271. The maximum absolute atomic E-state index is 10.5. The molecule has 0 saturated carbocycles. The van der Waals surface area contributed by atoms with Crippen LogP contribution >= 0.6 is 0 Å². The van der Waals surface area contributed by atoms with E-state index in [0.29, 0.717) is 5.69 Å². The van der Waals surface area contributed by atoms with Crippen molar-refractivity contribution in [2.24, 2.45) is 7.05 Å². The Morgan fingerprint density at radius 2 is 2.22 bits per heavy atom. The second kappa shape index (κ2) is 1.65. The van der Waals surface area contributed by atoms with Gasteiger partial charge in [0.05, 0.1) is 5.69 Å². The number of H-pyrrole nitrogens is 1. The van der Waals surface area contributed by atoms with Crippen LogP contribution in [0.3, 0.4) is 0 Å². The highest BCUT2D eigenvalue weighted by Gasteiger charge is 2.03. The Kier molecular flexibility index (Phi) is 1.09. The zero-order valence-corrected chi connectivity index (χ0v) is 5.30. The van der Waals surface area contributed by atoms with E-state index in [0.717, 1.165) is 0 Å². The lowest BCUT2D eigenvalue weighted by Gasteiger charge is -1.90. The SMILES string of the molecule is Cc1c(O)c(=O)[nH]n1C. The summed E-state index contributed by atoms with van der Waals surface area (Å²) in [6, 6.07) is 0. The Balaban J connectivity index is 3.47. The van der Waals surface area contributed by atoms with Crippen molar-refractivity contribution in [2.75, 3.05) is 0 Å². The summed E-state index contributed by atoms with van der Waals surface area (Å²) in [6.07, 6.45) is 0. The molecule has 0 unspecified atom stereocenters. The molecule has 0 aliphatic carbocycles. The van der Waals surface area contributed by atoms with Gasteiger partial charge >= 0.3 is 5.56 Å². The van der Waals surface area contributed by atoms with Gasteiger partial charge in [-0.2, -0.15) is 0 Å². The van der Waals surface area contributed by atoms with Crippen LogP contribution in [0.15, 0.2) is 4.79 Å². The maximum atomic E-state index is 10.5. The van der Waals surface area contributed by atoms with Crippen LogP contribution in [0, 0.1) is 6.92 Å². The zero-order chi connectivity index (χ0) is 7.02. The summed E-state index contributed by atoms with van der Waals surface area (Å²) in [7, 11) is 1.66. The fraction of sp³-hybridized carbons (Fsp3) is 0.400. The molecule has 1 heterocycles. The van der Waals surface area contributed by atoms with Crippen LogP contribution in [0.4, 0.5) is 0 Å². The van der Waals surface area contributed by atoms with Crippen LogP contribution in [0.1, 0.15) is 5.69 Å². The molecule has 0 saturated heterocycles. The van der Waals surface area contributed by atoms with Gasteiger partial charge in [0.25, 0.3) is 0 Å². The summed E-state index contributed by atoms with van der Waals surface area (Å²) in [5, 5.41) is 11.2. The molecule has 1 aromatic rings. The third-order valence-electron chi connectivity index (χ3n) is 1.33. The molecule has 1 aromatic heterocycles. The van der Waals surface area contributed by atoms with Crippen molar-refractivity contribution in [3.05, 3.63) is 16.0 Å². The van der Waals surface area contributed by atoms with Gasteiger partial charge in [-0.15, -0.1) is 0 Å². The zero-order valence-electron chi connectivity index (χ0n) is 5.30. The normalized spacial score (nSPS) is 10.0. The van der Waals surface area contributed by atoms with Crippen LogP contribution < -0.4 is 5.56 Å². The average Bonchev–Trinajstić information content (AvgIpc) is 1.98. The van der Waals surface area contributed by atoms with Crippen molar-refractivity contribution in [2.45, 2.75) is 6.92 Å². The molecule has 0 atom stereocenters. The van der Waals surface area contributed by atoms with E-state index in [9.17, 15) is 4.79 Å². The molecule has 50 valence electrons. The largest absolute Gasteiger partial charge is 0.502 e. The van der Waals surface area contributed by atoms with Crippen LogP contribution in [-0.4, -0.2) is 14.9 Å². The molecule has 0 bridgehead atoms. The van der Waals surface area contributed by atoms with Crippen molar-refractivity contribution in [1.29, 1.82) is 0 Å². The molecular formula is C5H8N2O2. The van der Waals surface area contributed by atoms with E-state index < -0.39 is 5.56 Å². The van der Waals surface area contributed by atoms with Gasteiger partial charge in [-0.25, -0.2) is 0 Å². The lowest BCUT2D eigenvalue weighted by atomic mass is 10.4. The van der Waals surface area contributed by atoms with E-state index in [1.54, 1.807) is 14.0 Å². The maximum Gasteiger partial charge on any atom is 0.306 e. The van der Waals surface area contributed by atoms with Gasteiger partial charge < -0.3 is 5.11 Å². The van der Waals surface area contributed by atoms with E-state index in [1.807, 2.05) is 0 Å². The molecule has 0 aliphatic rings. The lowest BCUT2D eigenvalue weighted by Crippen LogP contribution is -2.01. The number of hydrogen-bond donors (Lipinski definition) is 2. The topological polar surface area (TPSA) is 58.0 Å². The first-order chi connectivity index (χ1) is 4.13. The molecule has 2 N–H and O–H groups in total. The van der Waals surface area contributed by atoms with Crippen molar-refractivity contribution in [3.63, 3.8) is 0 Å². The van der Waals surface area contributed by atoms with Crippen molar-refractivity contribution in [3.8, 4) is 5.75 Å². The fourth-order valence-corrected chi connectivity index (χ4v) is 0.612. The third kappa shape index (κ3) is 0.718. The Hall–Kier alpha value is -1.19. The van der Waals surface area contributed by atoms with Gasteiger partial charge in [0.2, 0.25) is 5.75 Å². The number of nitrogens with zero attached hydrogens (tertiary/aromatic N) is 1. The Morgan fingerprint density at radius 3 is 2.33 bits per heavy atom. The summed E-state index contributed by atoms with van der Waals surface area (Å²) in [5.41, 5.74) is 0.120. The van der Waals surface area contributed by atoms with E-state index in [4.69, 9.17) is 5.11 Å². The molecule has 4 heteroatoms. The predicted molar refractivity (Wildman–Crippen MR) is 32.4 cm³/mol. The first-order valence-corrected chi connectivity index (χ1v) is 2.57. The molecule has 0 amide bonds. The van der Waals surface area contributed by atoms with Gasteiger partial charge in [0.15, 0.2) is 0 Å². The summed E-state index contributed by atoms with van der Waals surface area (Å²) in [4.78, 5) is 10.5. The highest BCUT2D eigenvalue weighted by molar-refractivity contribution is 5.20. The lowest BCUT2D eigenvalue weighted by molar-refractivity contribution is 0.465. The minimum atomic E-state index is -0.435. The van der Waals surface area contributed by atoms with E-state index in [1.165, 1.54) is 4.68 Å². The monoisotopic (exact) mass is 128 g/mol. The number of nitrogens with one attached hydrogen (secondary N) is 1. The van der Waals surface area contributed by atoms with Crippen molar-refractivity contribution in [1.82, 2.24) is 9.78 Å². The first-order valence-electron chi connectivity index (χ1n) is 2.57. The number of rotatable bonds is 0. The Labute approximate surface area is 51.7 Å². The number of aromatic amines is 1.